The molecule has 3 aliphatic heterocycles. The standard InChI is InChI=1S/C26H38N4O3S/c1-4-7-24-29(15-10-18(2)3)25(32)22(34-24)16-23(31)28-13-11-20(12-14-28)30-17-19-8-5-6-9-21(19)27-26(30)33/h5-6,8-9,18,20,22,24H,4,7,10-17H2,1-3H3,(H,27,33). The van der Waals surface area contributed by atoms with Gasteiger partial charge in [0, 0.05) is 44.3 Å². The number of nitrogens with one attached hydrogen (secondary N) is 1. The van der Waals surface area contributed by atoms with E-state index in [4.69, 9.17) is 0 Å². The molecule has 1 N–H and O–H groups in total. The minimum absolute atomic E-state index is 0.0557. The SMILES string of the molecule is CCCC1SC(CC(=O)N2CCC(N3Cc4ccccc4NC3=O)CC2)C(=O)N1CCC(C)C. The van der Waals surface area contributed by atoms with Crippen LogP contribution in [0.15, 0.2) is 24.3 Å². The fraction of sp³-hybridized carbons (Fsp3) is 0.654. The third-order valence-electron chi connectivity index (χ3n) is 7.19. The summed E-state index contributed by atoms with van der Waals surface area (Å²) in [6.07, 6.45) is 4.83. The van der Waals surface area contributed by atoms with Crippen LogP contribution in [0.1, 0.15) is 64.9 Å². The van der Waals surface area contributed by atoms with Crippen molar-refractivity contribution in [2.45, 2.75) is 82.5 Å². The maximum atomic E-state index is 13.1. The van der Waals surface area contributed by atoms with E-state index < -0.39 is 0 Å². The number of urea groups is 1. The van der Waals surface area contributed by atoms with Crippen LogP contribution < -0.4 is 5.32 Å². The molecule has 1 aromatic carbocycles. The van der Waals surface area contributed by atoms with Crippen LogP contribution in [0.4, 0.5) is 10.5 Å². The van der Waals surface area contributed by atoms with E-state index in [1.807, 2.05) is 39.0 Å². The number of benzene rings is 1. The number of anilines is 1. The molecule has 2 atom stereocenters. The second-order valence-electron chi connectivity index (χ2n) is 10.1. The first-order chi connectivity index (χ1) is 16.4. The van der Waals surface area contributed by atoms with Crippen molar-refractivity contribution < 1.29 is 14.4 Å². The van der Waals surface area contributed by atoms with E-state index in [9.17, 15) is 14.4 Å². The highest BCUT2D eigenvalue weighted by Gasteiger charge is 2.41. The molecule has 2 unspecified atom stereocenters. The van der Waals surface area contributed by atoms with Gasteiger partial charge in [0.25, 0.3) is 0 Å². The maximum absolute atomic E-state index is 13.1. The summed E-state index contributed by atoms with van der Waals surface area (Å²) in [6.45, 7) is 9.17. The van der Waals surface area contributed by atoms with Crippen molar-refractivity contribution in [3.05, 3.63) is 29.8 Å². The normalized spacial score (nSPS) is 23.5. The highest BCUT2D eigenvalue weighted by molar-refractivity contribution is 8.01. The van der Waals surface area contributed by atoms with Gasteiger partial charge in [0.2, 0.25) is 11.8 Å². The summed E-state index contributed by atoms with van der Waals surface area (Å²) in [5.74, 6) is 0.757. The van der Waals surface area contributed by atoms with Gasteiger partial charge in [0.05, 0.1) is 10.6 Å². The molecule has 0 spiro atoms. The van der Waals surface area contributed by atoms with Crippen molar-refractivity contribution in [2.24, 2.45) is 5.92 Å². The Morgan fingerprint density at radius 3 is 2.62 bits per heavy atom. The molecule has 0 saturated carbocycles. The highest BCUT2D eigenvalue weighted by Crippen LogP contribution is 2.37. The minimum atomic E-state index is -0.265. The van der Waals surface area contributed by atoms with Gasteiger partial charge >= 0.3 is 6.03 Å². The Labute approximate surface area is 207 Å². The van der Waals surface area contributed by atoms with Crippen LogP contribution in [-0.4, -0.2) is 68.8 Å². The van der Waals surface area contributed by atoms with Gasteiger partial charge in [-0.3, -0.25) is 9.59 Å². The largest absolute Gasteiger partial charge is 0.342 e. The molecule has 1 aromatic rings. The lowest BCUT2D eigenvalue weighted by molar-refractivity contribution is -0.137. The lowest BCUT2D eigenvalue weighted by atomic mass is 10.0. The Balaban J connectivity index is 1.30. The molecule has 4 rings (SSSR count). The van der Waals surface area contributed by atoms with E-state index in [-0.39, 0.29) is 40.9 Å². The number of hydrogen-bond donors (Lipinski definition) is 1. The third-order valence-corrected chi connectivity index (χ3v) is 8.69. The van der Waals surface area contributed by atoms with Crippen molar-refractivity contribution in [1.29, 1.82) is 0 Å². The van der Waals surface area contributed by atoms with E-state index in [0.29, 0.717) is 25.6 Å². The van der Waals surface area contributed by atoms with Gasteiger partial charge in [-0.05, 0) is 43.2 Å². The van der Waals surface area contributed by atoms with Gasteiger partial charge in [-0.1, -0.05) is 45.4 Å². The van der Waals surface area contributed by atoms with E-state index in [0.717, 1.165) is 49.9 Å². The van der Waals surface area contributed by atoms with Crippen LogP contribution in [0.5, 0.6) is 0 Å². The van der Waals surface area contributed by atoms with Crippen molar-refractivity contribution >= 4 is 35.3 Å². The Bertz CT molecular complexity index is 900. The Morgan fingerprint density at radius 1 is 1.18 bits per heavy atom. The predicted molar refractivity (Wildman–Crippen MR) is 136 cm³/mol. The zero-order valence-corrected chi connectivity index (χ0v) is 21.5. The zero-order valence-electron chi connectivity index (χ0n) is 20.7. The van der Waals surface area contributed by atoms with Crippen LogP contribution in [0.2, 0.25) is 0 Å². The van der Waals surface area contributed by atoms with Crippen molar-refractivity contribution in [3.8, 4) is 0 Å². The molecule has 0 bridgehead atoms. The van der Waals surface area contributed by atoms with Gasteiger partial charge in [-0.25, -0.2) is 4.79 Å². The molecular formula is C26H38N4O3S. The summed E-state index contributed by atoms with van der Waals surface area (Å²) in [6, 6.07) is 7.98. The van der Waals surface area contributed by atoms with Gasteiger partial charge in [-0.2, -0.15) is 0 Å². The average molecular weight is 487 g/mol. The number of likely N-dealkylation sites (tertiary alicyclic amines) is 1. The molecule has 0 aromatic heterocycles. The molecule has 0 aliphatic carbocycles. The summed E-state index contributed by atoms with van der Waals surface area (Å²) in [7, 11) is 0. The summed E-state index contributed by atoms with van der Waals surface area (Å²) in [4.78, 5) is 44.7. The van der Waals surface area contributed by atoms with Crippen LogP contribution in [0.25, 0.3) is 0 Å². The van der Waals surface area contributed by atoms with Gasteiger partial charge in [0.1, 0.15) is 0 Å². The number of hydrogen-bond acceptors (Lipinski definition) is 4. The van der Waals surface area contributed by atoms with E-state index in [1.54, 1.807) is 11.8 Å². The smallest absolute Gasteiger partial charge is 0.322 e. The first kappa shape index (κ1) is 24.9. The number of fused-ring (bicyclic) bond motifs is 1. The number of thioether (sulfide) groups is 1. The quantitative estimate of drug-likeness (QED) is 0.586. The highest BCUT2D eigenvalue weighted by atomic mass is 32.2. The Kier molecular flexibility index (Phi) is 8.06. The third kappa shape index (κ3) is 5.53. The number of piperidine rings is 1. The average Bonchev–Trinajstić information content (AvgIpc) is 3.11. The minimum Gasteiger partial charge on any atom is -0.342 e. The molecule has 7 nitrogen and oxygen atoms in total. The second kappa shape index (κ2) is 11.0. The number of carbonyl (C=O) groups is 3. The lowest BCUT2D eigenvalue weighted by Crippen LogP contribution is -2.51. The fourth-order valence-electron chi connectivity index (χ4n) is 5.14. The number of nitrogens with zero attached hydrogens (tertiary/aromatic N) is 3. The van der Waals surface area contributed by atoms with Gasteiger partial charge < -0.3 is 20.0 Å². The van der Waals surface area contributed by atoms with Gasteiger partial charge in [-0.15, -0.1) is 11.8 Å². The molecule has 8 heteroatoms. The first-order valence-corrected chi connectivity index (χ1v) is 13.7. The van der Waals surface area contributed by atoms with E-state index >= 15 is 0 Å². The van der Waals surface area contributed by atoms with E-state index in [1.165, 1.54) is 0 Å². The number of rotatable bonds is 8. The summed E-state index contributed by atoms with van der Waals surface area (Å²) < 4.78 is 0. The van der Waals surface area contributed by atoms with Crippen LogP contribution in [-0.2, 0) is 16.1 Å². The van der Waals surface area contributed by atoms with E-state index in [2.05, 4.69) is 26.1 Å². The van der Waals surface area contributed by atoms with Crippen LogP contribution in [0, 0.1) is 5.92 Å². The molecule has 0 radical (unpaired) electrons. The monoisotopic (exact) mass is 486 g/mol. The van der Waals surface area contributed by atoms with Crippen molar-refractivity contribution in [3.63, 3.8) is 0 Å². The molecular weight excluding hydrogens is 448 g/mol. The summed E-state index contributed by atoms with van der Waals surface area (Å²) in [5, 5.41) is 2.92. The molecule has 34 heavy (non-hydrogen) atoms. The second-order valence-corrected chi connectivity index (χ2v) is 11.5. The Hall–Kier alpha value is -2.22. The number of para-hydroxylation sites is 1. The predicted octanol–water partition coefficient (Wildman–Crippen LogP) is 4.53. The number of carbonyl (C=O) groups excluding carboxylic acids is 3. The molecule has 186 valence electrons. The van der Waals surface area contributed by atoms with Crippen molar-refractivity contribution in [2.75, 3.05) is 25.0 Å². The van der Waals surface area contributed by atoms with Crippen molar-refractivity contribution in [1.82, 2.24) is 14.7 Å². The summed E-state index contributed by atoms with van der Waals surface area (Å²) >= 11 is 1.68. The van der Waals surface area contributed by atoms with Crippen LogP contribution in [0.3, 0.4) is 0 Å². The van der Waals surface area contributed by atoms with Gasteiger partial charge in [0.15, 0.2) is 0 Å². The number of amides is 4. The molecule has 3 heterocycles. The molecule has 4 amide bonds. The maximum Gasteiger partial charge on any atom is 0.322 e. The molecule has 2 saturated heterocycles. The fourth-order valence-corrected chi connectivity index (χ4v) is 6.74. The Morgan fingerprint density at radius 2 is 1.91 bits per heavy atom. The van der Waals surface area contributed by atoms with Crippen LogP contribution >= 0.6 is 11.8 Å². The topological polar surface area (TPSA) is 73.0 Å². The first-order valence-electron chi connectivity index (χ1n) is 12.8. The molecule has 2 fully saturated rings. The molecule has 3 aliphatic rings. The zero-order chi connectivity index (χ0) is 24.2. The lowest BCUT2D eigenvalue weighted by Gasteiger charge is -2.40. The summed E-state index contributed by atoms with van der Waals surface area (Å²) in [5.41, 5.74) is 2.01.